The Hall–Kier alpha value is 0.250. The molecule has 1 rings (SSSR count). The average molecular weight is 262 g/mol. The third-order valence-corrected chi connectivity index (χ3v) is 3.88. The summed E-state index contributed by atoms with van der Waals surface area (Å²) in [5.41, 5.74) is 0. The van der Waals surface area contributed by atoms with Gasteiger partial charge in [0.2, 0.25) is 0 Å². The zero-order valence-electron chi connectivity index (χ0n) is 11.9. The van der Waals surface area contributed by atoms with Gasteiger partial charge in [0, 0.05) is 6.54 Å². The first-order valence-corrected chi connectivity index (χ1v) is 7.59. The van der Waals surface area contributed by atoms with Gasteiger partial charge in [-0.2, -0.15) is 0 Å². The van der Waals surface area contributed by atoms with Crippen LogP contribution in [0.3, 0.4) is 0 Å². The Balaban J connectivity index is 0.00000256. The van der Waals surface area contributed by atoms with Crippen molar-refractivity contribution >= 4 is 12.4 Å². The molecule has 0 amide bonds. The molecule has 0 saturated carbocycles. The summed E-state index contributed by atoms with van der Waals surface area (Å²) >= 11 is 0. The predicted octanol–water partition coefficient (Wildman–Crippen LogP) is 4.89. The topological polar surface area (TPSA) is 3.24 Å². The summed E-state index contributed by atoms with van der Waals surface area (Å²) in [5.74, 6) is 1.01. The fourth-order valence-corrected chi connectivity index (χ4v) is 2.94. The van der Waals surface area contributed by atoms with E-state index in [-0.39, 0.29) is 12.4 Å². The molecule has 0 aromatic heterocycles. The van der Waals surface area contributed by atoms with Gasteiger partial charge in [0.25, 0.3) is 0 Å². The summed E-state index contributed by atoms with van der Waals surface area (Å²) in [6.07, 6.45) is 12.9. The zero-order chi connectivity index (χ0) is 11.6. The van der Waals surface area contributed by atoms with Crippen molar-refractivity contribution in [1.29, 1.82) is 0 Å². The second kappa shape index (κ2) is 11.3. The maximum Gasteiger partial charge on any atom is 0.000966 e. The molecule has 0 N–H and O–H groups in total. The molecule has 1 unspecified atom stereocenters. The lowest BCUT2D eigenvalue weighted by atomic mass is 9.93. The van der Waals surface area contributed by atoms with Crippen molar-refractivity contribution in [3.8, 4) is 0 Å². The molecule has 0 aliphatic carbocycles. The van der Waals surface area contributed by atoms with Crippen LogP contribution in [0.25, 0.3) is 0 Å². The Labute approximate surface area is 115 Å². The van der Waals surface area contributed by atoms with Gasteiger partial charge in [-0.25, -0.2) is 0 Å². The highest BCUT2D eigenvalue weighted by Gasteiger charge is 2.18. The molecule has 1 heterocycles. The number of rotatable bonds is 8. The molecular weight excluding hydrogens is 230 g/mol. The summed E-state index contributed by atoms with van der Waals surface area (Å²) in [6, 6.07) is 0. The van der Waals surface area contributed by atoms with E-state index in [4.69, 9.17) is 0 Å². The van der Waals surface area contributed by atoms with E-state index in [1.165, 1.54) is 77.4 Å². The minimum atomic E-state index is 0. The molecule has 0 aromatic carbocycles. The molecule has 0 radical (unpaired) electrons. The van der Waals surface area contributed by atoms with E-state index >= 15 is 0 Å². The number of hydrogen-bond donors (Lipinski definition) is 0. The van der Waals surface area contributed by atoms with Crippen LogP contribution in [-0.2, 0) is 0 Å². The molecule has 2 heteroatoms. The number of halogens is 1. The second-order valence-corrected chi connectivity index (χ2v) is 5.51. The smallest absolute Gasteiger partial charge is 0.000966 e. The number of hydrogen-bond acceptors (Lipinski definition) is 1. The average Bonchev–Trinajstić information content (AvgIpc) is 2.30. The van der Waals surface area contributed by atoms with E-state index in [2.05, 4.69) is 18.7 Å². The van der Waals surface area contributed by atoms with Crippen molar-refractivity contribution < 1.29 is 0 Å². The van der Waals surface area contributed by atoms with E-state index in [0.29, 0.717) is 0 Å². The van der Waals surface area contributed by atoms with Crippen LogP contribution in [0.5, 0.6) is 0 Å². The first kappa shape index (κ1) is 17.2. The second-order valence-electron chi connectivity index (χ2n) is 5.51. The van der Waals surface area contributed by atoms with E-state index in [0.717, 1.165) is 5.92 Å². The van der Waals surface area contributed by atoms with Crippen LogP contribution >= 0.6 is 12.4 Å². The van der Waals surface area contributed by atoms with Crippen molar-refractivity contribution in [2.45, 2.75) is 71.6 Å². The summed E-state index contributed by atoms with van der Waals surface area (Å²) in [6.45, 7) is 8.74. The molecule has 0 spiro atoms. The van der Waals surface area contributed by atoms with Crippen LogP contribution in [0.4, 0.5) is 0 Å². The van der Waals surface area contributed by atoms with Gasteiger partial charge < -0.3 is 4.90 Å². The summed E-state index contributed by atoms with van der Waals surface area (Å²) in [4.78, 5) is 2.72. The molecule has 1 fully saturated rings. The Bertz CT molecular complexity index is 159. The van der Waals surface area contributed by atoms with Crippen molar-refractivity contribution in [2.24, 2.45) is 5.92 Å². The van der Waals surface area contributed by atoms with Crippen molar-refractivity contribution in [1.82, 2.24) is 4.90 Å². The number of piperidine rings is 1. The predicted molar refractivity (Wildman–Crippen MR) is 80.1 cm³/mol. The highest BCUT2D eigenvalue weighted by molar-refractivity contribution is 5.85. The van der Waals surface area contributed by atoms with Crippen LogP contribution in [0.1, 0.15) is 71.6 Å². The fourth-order valence-electron chi connectivity index (χ4n) is 2.94. The van der Waals surface area contributed by atoms with Crippen LogP contribution < -0.4 is 0 Å². The molecule has 17 heavy (non-hydrogen) atoms. The quantitative estimate of drug-likeness (QED) is 0.563. The van der Waals surface area contributed by atoms with Crippen LogP contribution in [0.15, 0.2) is 0 Å². The minimum absolute atomic E-state index is 0. The van der Waals surface area contributed by atoms with Crippen molar-refractivity contribution in [2.75, 3.05) is 19.6 Å². The van der Waals surface area contributed by atoms with Crippen molar-refractivity contribution in [3.63, 3.8) is 0 Å². The van der Waals surface area contributed by atoms with E-state index in [1.807, 2.05) is 0 Å². The molecular formula is C15H32ClN. The van der Waals surface area contributed by atoms with Crippen LogP contribution in [-0.4, -0.2) is 24.5 Å². The number of likely N-dealkylation sites (tertiary alicyclic amines) is 1. The molecule has 1 nitrogen and oxygen atoms in total. The fraction of sp³-hybridized carbons (Fsp3) is 1.00. The molecule has 1 saturated heterocycles. The number of unbranched alkanes of at least 4 members (excludes halogenated alkanes) is 4. The Kier molecular flexibility index (Phi) is 11.5. The van der Waals surface area contributed by atoms with Gasteiger partial charge >= 0.3 is 0 Å². The molecule has 104 valence electrons. The first-order chi connectivity index (χ1) is 7.86. The first-order valence-electron chi connectivity index (χ1n) is 7.59. The van der Waals surface area contributed by atoms with Gasteiger partial charge in [-0.15, -0.1) is 12.4 Å². The Morgan fingerprint density at radius 2 is 1.76 bits per heavy atom. The van der Waals surface area contributed by atoms with Gasteiger partial charge in [0.1, 0.15) is 0 Å². The molecule has 0 bridgehead atoms. The SMILES string of the molecule is CCCCCCCN1CCCC(CCC)C1.Cl. The summed E-state index contributed by atoms with van der Waals surface area (Å²) in [5, 5.41) is 0. The van der Waals surface area contributed by atoms with Crippen LogP contribution in [0.2, 0.25) is 0 Å². The lowest BCUT2D eigenvalue weighted by Crippen LogP contribution is -2.35. The van der Waals surface area contributed by atoms with Gasteiger partial charge in [0.15, 0.2) is 0 Å². The maximum atomic E-state index is 2.72. The van der Waals surface area contributed by atoms with E-state index in [9.17, 15) is 0 Å². The van der Waals surface area contributed by atoms with Gasteiger partial charge in [-0.05, 0) is 44.7 Å². The molecule has 1 aliphatic heterocycles. The highest BCUT2D eigenvalue weighted by Crippen LogP contribution is 2.21. The van der Waals surface area contributed by atoms with E-state index in [1.54, 1.807) is 0 Å². The monoisotopic (exact) mass is 261 g/mol. The normalized spacial score (nSPS) is 21.2. The maximum absolute atomic E-state index is 2.72. The third kappa shape index (κ3) is 8.05. The largest absolute Gasteiger partial charge is 0.303 e. The van der Waals surface area contributed by atoms with Crippen molar-refractivity contribution in [3.05, 3.63) is 0 Å². The minimum Gasteiger partial charge on any atom is -0.303 e. The lowest BCUT2D eigenvalue weighted by molar-refractivity contribution is 0.165. The summed E-state index contributed by atoms with van der Waals surface area (Å²) < 4.78 is 0. The molecule has 1 aliphatic rings. The lowest BCUT2D eigenvalue weighted by Gasteiger charge is -2.32. The molecule has 0 aromatic rings. The van der Waals surface area contributed by atoms with E-state index < -0.39 is 0 Å². The zero-order valence-corrected chi connectivity index (χ0v) is 12.7. The van der Waals surface area contributed by atoms with Gasteiger partial charge in [-0.3, -0.25) is 0 Å². The Morgan fingerprint density at radius 1 is 1.00 bits per heavy atom. The molecule has 1 atom stereocenters. The van der Waals surface area contributed by atoms with Gasteiger partial charge in [0.05, 0.1) is 0 Å². The van der Waals surface area contributed by atoms with Crippen LogP contribution in [0, 0.1) is 5.92 Å². The standard InChI is InChI=1S/C15H31N.ClH/c1-3-5-6-7-8-12-16-13-9-11-15(14-16)10-4-2;/h15H,3-14H2,1-2H3;1H. The summed E-state index contributed by atoms with van der Waals surface area (Å²) in [7, 11) is 0. The third-order valence-electron chi connectivity index (χ3n) is 3.88. The number of nitrogens with zero attached hydrogens (tertiary/aromatic N) is 1. The van der Waals surface area contributed by atoms with Gasteiger partial charge in [-0.1, -0.05) is 46.0 Å². The Morgan fingerprint density at radius 3 is 2.47 bits per heavy atom. The highest BCUT2D eigenvalue weighted by atomic mass is 35.5.